The standard InChI is InChI=1S/C7H10FNSi/c8-10-7(9)6-4-2-1-3-5-6/h1-5,7H,9-10H2. The molecule has 1 aromatic rings. The lowest BCUT2D eigenvalue weighted by Crippen LogP contribution is -2.14. The van der Waals surface area contributed by atoms with Gasteiger partial charge in [-0.3, -0.25) is 0 Å². The highest BCUT2D eigenvalue weighted by Gasteiger charge is 2.03. The molecule has 0 radical (unpaired) electrons. The van der Waals surface area contributed by atoms with Crippen LogP contribution in [0.3, 0.4) is 0 Å². The summed E-state index contributed by atoms with van der Waals surface area (Å²) in [6.45, 7) is 0. The second-order valence-corrected chi connectivity index (χ2v) is 3.36. The van der Waals surface area contributed by atoms with Gasteiger partial charge in [0.25, 0.3) is 0 Å². The Labute approximate surface area is 62.1 Å². The van der Waals surface area contributed by atoms with Crippen molar-refractivity contribution in [3.63, 3.8) is 0 Å². The van der Waals surface area contributed by atoms with Gasteiger partial charge in [-0.2, -0.15) is 0 Å². The smallest absolute Gasteiger partial charge is 0.237 e. The number of nitrogens with two attached hydrogens (primary N) is 1. The zero-order chi connectivity index (χ0) is 7.40. The van der Waals surface area contributed by atoms with Gasteiger partial charge >= 0.3 is 0 Å². The van der Waals surface area contributed by atoms with Crippen molar-refractivity contribution in [3.8, 4) is 0 Å². The van der Waals surface area contributed by atoms with Crippen LogP contribution in [0.4, 0.5) is 4.11 Å². The molecule has 1 rings (SSSR count). The summed E-state index contributed by atoms with van der Waals surface area (Å²) in [6, 6.07) is 9.36. The van der Waals surface area contributed by atoms with Crippen LogP contribution in [0.5, 0.6) is 0 Å². The van der Waals surface area contributed by atoms with Crippen molar-refractivity contribution in [2.75, 3.05) is 0 Å². The highest BCUT2D eigenvalue weighted by atomic mass is 28.3. The van der Waals surface area contributed by atoms with Gasteiger partial charge in [0.05, 0.1) is 0 Å². The van der Waals surface area contributed by atoms with E-state index in [4.69, 9.17) is 5.73 Å². The van der Waals surface area contributed by atoms with E-state index in [1.165, 1.54) is 0 Å². The van der Waals surface area contributed by atoms with Crippen LogP contribution in [0.2, 0.25) is 0 Å². The first-order valence-corrected chi connectivity index (χ1v) is 4.56. The van der Waals surface area contributed by atoms with Crippen molar-refractivity contribution in [2.24, 2.45) is 5.73 Å². The van der Waals surface area contributed by atoms with Crippen LogP contribution >= 0.6 is 0 Å². The van der Waals surface area contributed by atoms with Crippen LogP contribution in [-0.4, -0.2) is 9.85 Å². The highest BCUT2D eigenvalue weighted by Crippen LogP contribution is 2.07. The molecule has 0 aliphatic rings. The van der Waals surface area contributed by atoms with E-state index in [1.807, 2.05) is 30.3 Å². The van der Waals surface area contributed by atoms with E-state index in [0.29, 0.717) is 0 Å². The molecule has 1 atom stereocenters. The molecule has 54 valence electrons. The quantitative estimate of drug-likeness (QED) is 0.493. The molecule has 10 heavy (non-hydrogen) atoms. The van der Waals surface area contributed by atoms with E-state index in [1.54, 1.807) is 0 Å². The molecule has 0 fully saturated rings. The van der Waals surface area contributed by atoms with Crippen molar-refractivity contribution in [1.29, 1.82) is 0 Å². The molecule has 1 unspecified atom stereocenters. The number of hydrogen-bond acceptors (Lipinski definition) is 1. The number of benzene rings is 1. The van der Waals surface area contributed by atoms with Gasteiger partial charge in [0.1, 0.15) is 0 Å². The van der Waals surface area contributed by atoms with Gasteiger partial charge in [-0.05, 0) is 5.56 Å². The minimum Gasteiger partial charge on any atom is -0.325 e. The third-order valence-electron chi connectivity index (χ3n) is 1.39. The Morgan fingerprint density at radius 3 is 2.40 bits per heavy atom. The summed E-state index contributed by atoms with van der Waals surface area (Å²) < 4.78 is 12.1. The summed E-state index contributed by atoms with van der Waals surface area (Å²) in [5.41, 5.74) is 6.08. The zero-order valence-electron chi connectivity index (χ0n) is 5.63. The Kier molecular flexibility index (Phi) is 2.59. The van der Waals surface area contributed by atoms with Gasteiger partial charge in [-0.25, -0.2) is 0 Å². The SMILES string of the molecule is NC([SiH2]F)c1ccccc1. The second-order valence-electron chi connectivity index (χ2n) is 2.17. The fourth-order valence-electron chi connectivity index (χ4n) is 0.789. The molecule has 1 nitrogen and oxygen atoms in total. The fraction of sp³-hybridized carbons (Fsp3) is 0.143. The van der Waals surface area contributed by atoms with Crippen molar-refractivity contribution >= 4 is 9.85 Å². The Morgan fingerprint density at radius 2 is 1.90 bits per heavy atom. The molecule has 0 saturated carbocycles. The van der Waals surface area contributed by atoms with Gasteiger partial charge < -0.3 is 9.84 Å². The predicted molar refractivity (Wildman–Crippen MR) is 43.0 cm³/mol. The maximum atomic E-state index is 12.1. The molecule has 2 N–H and O–H groups in total. The summed E-state index contributed by atoms with van der Waals surface area (Å²) in [4.78, 5) is 0. The van der Waals surface area contributed by atoms with Crippen LogP contribution in [0.25, 0.3) is 0 Å². The van der Waals surface area contributed by atoms with Crippen molar-refractivity contribution in [1.82, 2.24) is 0 Å². The maximum absolute atomic E-state index is 12.1. The molecule has 0 aliphatic carbocycles. The van der Waals surface area contributed by atoms with Crippen LogP contribution < -0.4 is 5.73 Å². The summed E-state index contributed by atoms with van der Waals surface area (Å²) >= 11 is 0. The lowest BCUT2D eigenvalue weighted by molar-refractivity contribution is 0.807. The van der Waals surface area contributed by atoms with E-state index in [9.17, 15) is 4.11 Å². The number of rotatable bonds is 2. The molecule has 0 spiro atoms. The molecule has 1 aromatic carbocycles. The maximum Gasteiger partial charge on any atom is 0.237 e. The topological polar surface area (TPSA) is 26.0 Å². The van der Waals surface area contributed by atoms with Gasteiger partial charge in [-0.1, -0.05) is 30.3 Å². The van der Waals surface area contributed by atoms with Crippen molar-refractivity contribution < 1.29 is 4.11 Å². The van der Waals surface area contributed by atoms with Crippen LogP contribution in [0, 0.1) is 0 Å². The molecular weight excluding hydrogens is 145 g/mol. The van der Waals surface area contributed by atoms with Gasteiger partial charge in [0.15, 0.2) is 0 Å². The van der Waals surface area contributed by atoms with Crippen LogP contribution in [0.15, 0.2) is 30.3 Å². The van der Waals surface area contributed by atoms with Crippen molar-refractivity contribution in [2.45, 2.75) is 5.67 Å². The van der Waals surface area contributed by atoms with E-state index in [0.717, 1.165) is 5.56 Å². The van der Waals surface area contributed by atoms with Gasteiger partial charge in [0.2, 0.25) is 9.85 Å². The van der Waals surface area contributed by atoms with Crippen LogP contribution in [-0.2, 0) is 0 Å². The van der Waals surface area contributed by atoms with Gasteiger partial charge in [-0.15, -0.1) is 0 Å². The minimum atomic E-state index is -1.58. The Morgan fingerprint density at radius 1 is 1.30 bits per heavy atom. The molecule has 0 saturated heterocycles. The monoisotopic (exact) mass is 155 g/mol. The van der Waals surface area contributed by atoms with E-state index in [-0.39, 0.29) is 5.67 Å². The van der Waals surface area contributed by atoms with Crippen molar-refractivity contribution in [3.05, 3.63) is 35.9 Å². The van der Waals surface area contributed by atoms with E-state index in [2.05, 4.69) is 0 Å². The molecule has 0 heterocycles. The second kappa shape index (κ2) is 3.48. The normalized spacial score (nSPS) is 14.2. The molecular formula is C7H10FNSi. The molecule has 3 heteroatoms. The number of halogens is 1. The average molecular weight is 155 g/mol. The zero-order valence-corrected chi connectivity index (χ0v) is 7.04. The Hall–Kier alpha value is -0.673. The van der Waals surface area contributed by atoms with E-state index < -0.39 is 9.85 Å². The molecule has 0 aromatic heterocycles. The Balaban J connectivity index is 2.75. The van der Waals surface area contributed by atoms with Crippen LogP contribution in [0.1, 0.15) is 11.2 Å². The molecule has 0 aliphatic heterocycles. The summed E-state index contributed by atoms with van der Waals surface area (Å²) in [7, 11) is -1.58. The molecule has 0 bridgehead atoms. The largest absolute Gasteiger partial charge is 0.325 e. The first kappa shape index (κ1) is 7.43. The van der Waals surface area contributed by atoms with E-state index >= 15 is 0 Å². The fourth-order valence-corrected chi connectivity index (χ4v) is 1.24. The lowest BCUT2D eigenvalue weighted by atomic mass is 10.2. The third-order valence-corrected chi connectivity index (χ3v) is 2.20. The molecule has 0 amide bonds. The number of hydrogen-bond donors (Lipinski definition) is 1. The first-order chi connectivity index (χ1) is 4.84. The first-order valence-electron chi connectivity index (χ1n) is 3.21. The van der Waals surface area contributed by atoms with Gasteiger partial charge in [0, 0.05) is 5.67 Å². The lowest BCUT2D eigenvalue weighted by Gasteiger charge is -2.04. The highest BCUT2D eigenvalue weighted by molar-refractivity contribution is 6.28. The Bertz CT molecular complexity index is 190. The summed E-state index contributed by atoms with van der Waals surface area (Å²) in [6.07, 6.45) is 0. The average Bonchev–Trinajstić information content (AvgIpc) is 2.05. The summed E-state index contributed by atoms with van der Waals surface area (Å²) in [5, 5.41) is 0. The minimum absolute atomic E-state index is 0.318. The summed E-state index contributed by atoms with van der Waals surface area (Å²) in [5.74, 6) is 0. The third kappa shape index (κ3) is 1.65. The predicted octanol–water partition coefficient (Wildman–Crippen LogP) is 0.697.